The monoisotopic (exact) mass is 265 g/mol. The summed E-state index contributed by atoms with van der Waals surface area (Å²) in [6.07, 6.45) is 12.0. The molecule has 1 aliphatic heterocycles. The van der Waals surface area contributed by atoms with Crippen molar-refractivity contribution in [2.45, 2.75) is 44.4 Å². The first-order valence-corrected chi connectivity index (χ1v) is 7.47. The number of hydrogen-bond acceptors (Lipinski definition) is 3. The molecule has 3 rings (SSSR count). The third kappa shape index (κ3) is 2.33. The van der Waals surface area contributed by atoms with Gasteiger partial charge in [0.2, 0.25) is 5.95 Å². The first kappa shape index (κ1) is 12.2. The summed E-state index contributed by atoms with van der Waals surface area (Å²) in [7, 11) is 0. The van der Waals surface area contributed by atoms with Gasteiger partial charge in [-0.2, -0.15) is 0 Å². The summed E-state index contributed by atoms with van der Waals surface area (Å²) in [5.74, 6) is 1.36. The van der Waals surface area contributed by atoms with Gasteiger partial charge < -0.3 is 4.90 Å². The highest BCUT2D eigenvalue weighted by Gasteiger charge is 2.37. The fourth-order valence-electron chi connectivity index (χ4n) is 3.39. The van der Waals surface area contributed by atoms with Gasteiger partial charge in [-0.3, -0.25) is 0 Å². The van der Waals surface area contributed by atoms with E-state index in [0.717, 1.165) is 24.6 Å². The van der Waals surface area contributed by atoms with Crippen molar-refractivity contribution >= 4 is 17.5 Å². The van der Waals surface area contributed by atoms with Crippen LogP contribution in [0.15, 0.2) is 12.4 Å². The van der Waals surface area contributed by atoms with Crippen molar-refractivity contribution in [3.63, 3.8) is 0 Å². The summed E-state index contributed by atoms with van der Waals surface area (Å²) in [4.78, 5) is 11.2. The molecule has 0 amide bonds. The third-order valence-corrected chi connectivity index (χ3v) is 4.93. The van der Waals surface area contributed by atoms with E-state index < -0.39 is 0 Å². The number of aromatic nitrogens is 2. The van der Waals surface area contributed by atoms with E-state index in [1.807, 2.05) is 12.4 Å². The second kappa shape index (κ2) is 5.04. The van der Waals surface area contributed by atoms with Crippen LogP contribution in [0.5, 0.6) is 0 Å². The van der Waals surface area contributed by atoms with Gasteiger partial charge in [0.1, 0.15) is 0 Å². The molecule has 1 saturated heterocycles. The number of nitrogens with zero attached hydrogens (tertiary/aromatic N) is 3. The van der Waals surface area contributed by atoms with E-state index in [1.54, 1.807) is 0 Å². The van der Waals surface area contributed by atoms with Gasteiger partial charge in [-0.05, 0) is 31.1 Å². The van der Waals surface area contributed by atoms with Gasteiger partial charge in [0.15, 0.2) is 0 Å². The molecule has 0 aromatic carbocycles. The Bertz CT molecular complexity index is 388. The Kier molecular flexibility index (Phi) is 3.42. The molecule has 0 unspecified atom stereocenters. The lowest BCUT2D eigenvalue weighted by Gasteiger charge is -2.39. The lowest BCUT2D eigenvalue weighted by Crippen LogP contribution is -2.39. The second-order valence-corrected chi connectivity index (χ2v) is 5.99. The van der Waals surface area contributed by atoms with E-state index in [1.165, 1.54) is 38.5 Å². The van der Waals surface area contributed by atoms with Gasteiger partial charge >= 0.3 is 0 Å². The minimum absolute atomic E-state index is 0.489. The molecule has 1 aliphatic carbocycles. The van der Waals surface area contributed by atoms with Crippen LogP contribution in [-0.2, 0) is 5.88 Å². The van der Waals surface area contributed by atoms with Gasteiger partial charge in [-0.15, -0.1) is 11.6 Å². The average molecular weight is 266 g/mol. The van der Waals surface area contributed by atoms with Crippen molar-refractivity contribution in [3.8, 4) is 0 Å². The van der Waals surface area contributed by atoms with Crippen LogP contribution in [0, 0.1) is 5.41 Å². The molecule has 98 valence electrons. The Morgan fingerprint density at radius 2 is 1.67 bits per heavy atom. The molecule has 2 aliphatic rings. The van der Waals surface area contributed by atoms with Crippen LogP contribution in [0.25, 0.3) is 0 Å². The Labute approximate surface area is 114 Å². The Morgan fingerprint density at radius 1 is 1.06 bits per heavy atom. The van der Waals surface area contributed by atoms with Crippen LogP contribution in [0.2, 0.25) is 0 Å². The highest BCUT2D eigenvalue weighted by molar-refractivity contribution is 6.17. The van der Waals surface area contributed by atoms with Crippen LogP contribution in [0.3, 0.4) is 0 Å². The molecule has 1 spiro atoms. The fraction of sp³-hybridized carbons (Fsp3) is 0.714. The molecule has 18 heavy (non-hydrogen) atoms. The third-order valence-electron chi connectivity index (χ3n) is 4.62. The molecule has 3 nitrogen and oxygen atoms in total. The van der Waals surface area contributed by atoms with Crippen LogP contribution < -0.4 is 4.90 Å². The lowest BCUT2D eigenvalue weighted by molar-refractivity contribution is 0.225. The van der Waals surface area contributed by atoms with Crippen molar-refractivity contribution < 1.29 is 0 Å². The maximum Gasteiger partial charge on any atom is 0.225 e. The van der Waals surface area contributed by atoms with E-state index in [4.69, 9.17) is 11.6 Å². The fourth-order valence-corrected chi connectivity index (χ4v) is 3.52. The molecular formula is C14H20ClN3. The lowest BCUT2D eigenvalue weighted by atomic mass is 9.77. The number of piperidine rings is 1. The molecule has 1 aromatic heterocycles. The minimum atomic E-state index is 0.489. The summed E-state index contributed by atoms with van der Waals surface area (Å²) in [6, 6.07) is 0. The predicted octanol–water partition coefficient (Wildman–Crippen LogP) is 3.38. The van der Waals surface area contributed by atoms with Crippen molar-refractivity contribution in [1.29, 1.82) is 0 Å². The van der Waals surface area contributed by atoms with Gasteiger partial charge in [-0.1, -0.05) is 12.8 Å². The second-order valence-electron chi connectivity index (χ2n) is 5.72. The van der Waals surface area contributed by atoms with Gasteiger partial charge in [-0.25, -0.2) is 9.97 Å². The number of halogens is 1. The summed E-state index contributed by atoms with van der Waals surface area (Å²) < 4.78 is 0. The van der Waals surface area contributed by atoms with Gasteiger partial charge in [0.05, 0.1) is 5.88 Å². The van der Waals surface area contributed by atoms with Gasteiger partial charge in [0, 0.05) is 31.0 Å². The SMILES string of the molecule is ClCc1cnc(N2CCC3(CCCC3)CC2)nc1. The van der Waals surface area contributed by atoms with Crippen molar-refractivity contribution in [1.82, 2.24) is 9.97 Å². The molecule has 1 saturated carbocycles. The van der Waals surface area contributed by atoms with E-state index in [9.17, 15) is 0 Å². The maximum atomic E-state index is 5.75. The zero-order chi connectivity index (χ0) is 12.4. The van der Waals surface area contributed by atoms with Gasteiger partial charge in [0.25, 0.3) is 0 Å². The van der Waals surface area contributed by atoms with E-state index >= 15 is 0 Å². The Morgan fingerprint density at radius 3 is 2.22 bits per heavy atom. The topological polar surface area (TPSA) is 29.0 Å². The maximum absolute atomic E-state index is 5.75. The van der Waals surface area contributed by atoms with E-state index in [0.29, 0.717) is 11.3 Å². The summed E-state index contributed by atoms with van der Waals surface area (Å²) >= 11 is 5.75. The molecule has 2 fully saturated rings. The Hall–Kier alpha value is -0.830. The first-order valence-electron chi connectivity index (χ1n) is 6.93. The van der Waals surface area contributed by atoms with E-state index in [-0.39, 0.29) is 0 Å². The van der Waals surface area contributed by atoms with Crippen LogP contribution in [0.1, 0.15) is 44.1 Å². The molecule has 2 heterocycles. The summed E-state index contributed by atoms with van der Waals surface area (Å²) in [5.41, 5.74) is 1.65. The highest BCUT2D eigenvalue weighted by Crippen LogP contribution is 2.46. The highest BCUT2D eigenvalue weighted by atomic mass is 35.5. The number of rotatable bonds is 2. The molecule has 0 atom stereocenters. The zero-order valence-corrected chi connectivity index (χ0v) is 11.5. The molecular weight excluding hydrogens is 246 g/mol. The van der Waals surface area contributed by atoms with Crippen molar-refractivity contribution in [2.75, 3.05) is 18.0 Å². The molecule has 0 N–H and O–H groups in total. The smallest absolute Gasteiger partial charge is 0.225 e. The van der Waals surface area contributed by atoms with Crippen molar-refractivity contribution in [3.05, 3.63) is 18.0 Å². The van der Waals surface area contributed by atoms with Crippen LogP contribution in [0.4, 0.5) is 5.95 Å². The normalized spacial score (nSPS) is 22.6. The number of anilines is 1. The molecule has 0 bridgehead atoms. The summed E-state index contributed by atoms with van der Waals surface area (Å²) in [6.45, 7) is 2.22. The number of alkyl halides is 1. The minimum Gasteiger partial charge on any atom is -0.341 e. The Balaban J connectivity index is 1.64. The predicted molar refractivity (Wildman–Crippen MR) is 73.9 cm³/mol. The van der Waals surface area contributed by atoms with E-state index in [2.05, 4.69) is 14.9 Å². The zero-order valence-electron chi connectivity index (χ0n) is 10.7. The molecule has 1 aromatic rings. The molecule has 0 radical (unpaired) electrons. The van der Waals surface area contributed by atoms with Crippen LogP contribution >= 0.6 is 11.6 Å². The quantitative estimate of drug-likeness (QED) is 0.768. The summed E-state index contributed by atoms with van der Waals surface area (Å²) in [5, 5.41) is 0. The first-order chi connectivity index (χ1) is 8.81. The van der Waals surface area contributed by atoms with Crippen LogP contribution in [-0.4, -0.2) is 23.1 Å². The van der Waals surface area contributed by atoms with Crippen molar-refractivity contribution in [2.24, 2.45) is 5.41 Å². The largest absolute Gasteiger partial charge is 0.341 e. The standard InChI is InChI=1S/C14H20ClN3/c15-9-12-10-16-13(17-11-12)18-7-5-14(6-8-18)3-1-2-4-14/h10-11H,1-9H2. The molecule has 4 heteroatoms. The average Bonchev–Trinajstić information content (AvgIpc) is 2.88. The number of hydrogen-bond donors (Lipinski definition) is 0.